The lowest BCUT2D eigenvalue weighted by atomic mass is 9.82. The Balaban J connectivity index is 1.96. The van der Waals surface area contributed by atoms with E-state index in [2.05, 4.69) is 77.3 Å². The van der Waals surface area contributed by atoms with Gasteiger partial charge in [-0.05, 0) is 58.1 Å². The van der Waals surface area contributed by atoms with Crippen LogP contribution < -0.4 is 0 Å². The number of imidazole rings is 1. The molecule has 4 aromatic rings. The van der Waals surface area contributed by atoms with Crippen molar-refractivity contribution < 1.29 is 0 Å². The van der Waals surface area contributed by atoms with Crippen LogP contribution in [-0.2, 0) is 16.2 Å². The monoisotopic (exact) mass is 371 g/mol. The van der Waals surface area contributed by atoms with E-state index in [0.717, 1.165) is 22.1 Å². The number of aromatic nitrogens is 3. The SMILES string of the molecule is CC(C)(C)c1cn2c3cc4c(cc3nc2c2cccnc12)C(C)(C)CC4(C)C. The third-order valence-electron chi connectivity index (χ3n) is 6.54. The fourth-order valence-electron chi connectivity index (χ4n) is 5.42. The Labute approximate surface area is 166 Å². The van der Waals surface area contributed by atoms with Crippen molar-refractivity contribution >= 4 is 27.6 Å². The molecule has 0 aliphatic heterocycles. The summed E-state index contributed by atoms with van der Waals surface area (Å²) in [6, 6.07) is 8.90. The molecule has 0 radical (unpaired) electrons. The number of rotatable bonds is 0. The second-order valence-electron chi connectivity index (χ2n) is 10.8. The van der Waals surface area contributed by atoms with Gasteiger partial charge in [-0.3, -0.25) is 9.38 Å². The molecule has 3 nitrogen and oxygen atoms in total. The minimum Gasteiger partial charge on any atom is -0.299 e. The molecule has 0 fully saturated rings. The lowest BCUT2D eigenvalue weighted by molar-refractivity contribution is 0.403. The molecule has 1 aromatic carbocycles. The van der Waals surface area contributed by atoms with Gasteiger partial charge in [0.1, 0.15) is 5.65 Å². The first-order valence-corrected chi connectivity index (χ1v) is 10.2. The summed E-state index contributed by atoms with van der Waals surface area (Å²) in [6.07, 6.45) is 5.32. The van der Waals surface area contributed by atoms with Crippen LogP contribution in [0, 0.1) is 0 Å². The van der Waals surface area contributed by atoms with Gasteiger partial charge in [0, 0.05) is 23.3 Å². The van der Waals surface area contributed by atoms with Gasteiger partial charge in [0.15, 0.2) is 0 Å². The number of hydrogen-bond donors (Lipinski definition) is 0. The van der Waals surface area contributed by atoms with Gasteiger partial charge in [0.2, 0.25) is 0 Å². The van der Waals surface area contributed by atoms with Crippen LogP contribution in [0.2, 0.25) is 0 Å². The van der Waals surface area contributed by atoms with Crippen molar-refractivity contribution in [2.75, 3.05) is 0 Å². The number of benzene rings is 1. The van der Waals surface area contributed by atoms with Gasteiger partial charge in [0.05, 0.1) is 16.6 Å². The molecule has 5 rings (SSSR count). The predicted octanol–water partition coefficient (Wildman–Crippen LogP) is 6.29. The molecule has 0 spiro atoms. The fraction of sp³-hybridized carbons (Fsp3) is 0.440. The Hall–Kier alpha value is -2.42. The minimum absolute atomic E-state index is 0.00930. The first-order chi connectivity index (χ1) is 13.0. The van der Waals surface area contributed by atoms with E-state index in [4.69, 9.17) is 9.97 Å². The summed E-state index contributed by atoms with van der Waals surface area (Å²) in [5.41, 5.74) is 8.91. The van der Waals surface area contributed by atoms with E-state index >= 15 is 0 Å². The Morgan fingerprint density at radius 2 is 1.68 bits per heavy atom. The lowest BCUT2D eigenvalue weighted by Gasteiger charge is -2.22. The third-order valence-corrected chi connectivity index (χ3v) is 6.54. The van der Waals surface area contributed by atoms with Gasteiger partial charge >= 0.3 is 0 Å². The van der Waals surface area contributed by atoms with Crippen LogP contribution in [0.3, 0.4) is 0 Å². The van der Waals surface area contributed by atoms with Gasteiger partial charge in [-0.2, -0.15) is 0 Å². The van der Waals surface area contributed by atoms with Crippen LogP contribution in [0.15, 0.2) is 36.7 Å². The van der Waals surface area contributed by atoms with E-state index in [9.17, 15) is 0 Å². The molecule has 0 saturated carbocycles. The van der Waals surface area contributed by atoms with Gasteiger partial charge in [-0.1, -0.05) is 48.5 Å². The molecule has 1 aliphatic carbocycles. The van der Waals surface area contributed by atoms with Gasteiger partial charge in [-0.25, -0.2) is 4.98 Å². The van der Waals surface area contributed by atoms with Crippen molar-refractivity contribution in [3.63, 3.8) is 0 Å². The van der Waals surface area contributed by atoms with Crippen molar-refractivity contribution in [1.29, 1.82) is 0 Å². The van der Waals surface area contributed by atoms with Crippen LogP contribution in [0.4, 0.5) is 0 Å². The van der Waals surface area contributed by atoms with Crippen LogP contribution in [0.25, 0.3) is 27.6 Å². The Bertz CT molecular complexity index is 1270. The van der Waals surface area contributed by atoms with Crippen molar-refractivity contribution in [2.24, 2.45) is 0 Å². The average Bonchev–Trinajstić information content (AvgIpc) is 3.04. The third kappa shape index (κ3) is 2.28. The summed E-state index contributed by atoms with van der Waals surface area (Å²) >= 11 is 0. The molecule has 144 valence electrons. The summed E-state index contributed by atoms with van der Waals surface area (Å²) in [6.45, 7) is 16.2. The van der Waals surface area contributed by atoms with E-state index in [1.54, 1.807) is 0 Å². The zero-order chi connectivity index (χ0) is 20.1. The zero-order valence-electron chi connectivity index (χ0n) is 18.0. The molecule has 3 heterocycles. The molecule has 1 aliphatic rings. The molecule has 0 saturated heterocycles. The van der Waals surface area contributed by atoms with Crippen LogP contribution >= 0.6 is 0 Å². The Morgan fingerprint density at radius 1 is 1.00 bits per heavy atom. The number of pyridine rings is 2. The molecule has 0 atom stereocenters. The lowest BCUT2D eigenvalue weighted by Crippen LogP contribution is -2.18. The molecule has 3 heteroatoms. The largest absolute Gasteiger partial charge is 0.299 e. The molecule has 0 N–H and O–H groups in total. The minimum atomic E-state index is 0.00930. The van der Waals surface area contributed by atoms with Crippen molar-refractivity contribution in [1.82, 2.24) is 14.4 Å². The van der Waals surface area contributed by atoms with Crippen LogP contribution in [-0.4, -0.2) is 14.4 Å². The van der Waals surface area contributed by atoms with Crippen LogP contribution in [0.5, 0.6) is 0 Å². The summed E-state index contributed by atoms with van der Waals surface area (Å²) in [5, 5.41) is 1.13. The van der Waals surface area contributed by atoms with E-state index in [1.165, 1.54) is 28.6 Å². The van der Waals surface area contributed by atoms with Crippen LogP contribution in [0.1, 0.15) is 71.6 Å². The number of hydrogen-bond acceptors (Lipinski definition) is 2. The Kier molecular flexibility index (Phi) is 3.24. The smallest absolute Gasteiger partial charge is 0.147 e. The standard InChI is InChI=1S/C25H29N3/c1-23(2,3)18-13-28-20-12-17-16(24(4,5)14-25(17,6)7)11-19(20)27-22(28)15-9-8-10-26-21(15)18/h8-13H,14H2,1-7H3. The predicted molar refractivity (Wildman–Crippen MR) is 117 cm³/mol. The maximum Gasteiger partial charge on any atom is 0.147 e. The Morgan fingerprint density at radius 3 is 2.36 bits per heavy atom. The van der Waals surface area contributed by atoms with Crippen molar-refractivity contribution in [3.8, 4) is 0 Å². The van der Waals surface area contributed by atoms with E-state index in [-0.39, 0.29) is 16.2 Å². The first kappa shape index (κ1) is 17.7. The average molecular weight is 372 g/mol. The number of fused-ring (bicyclic) bond motifs is 6. The molecular formula is C25H29N3. The molecule has 3 aromatic heterocycles. The van der Waals surface area contributed by atoms with E-state index in [0.29, 0.717) is 0 Å². The van der Waals surface area contributed by atoms with Crippen molar-refractivity contribution in [2.45, 2.75) is 71.1 Å². The van der Waals surface area contributed by atoms with Gasteiger partial charge < -0.3 is 0 Å². The summed E-state index contributed by atoms with van der Waals surface area (Å²) in [5.74, 6) is 0. The normalized spacial score (nSPS) is 18.2. The van der Waals surface area contributed by atoms with E-state index < -0.39 is 0 Å². The second kappa shape index (κ2) is 5.14. The quantitative estimate of drug-likeness (QED) is 0.363. The maximum atomic E-state index is 5.08. The van der Waals surface area contributed by atoms with E-state index in [1.807, 2.05) is 12.3 Å². The van der Waals surface area contributed by atoms with Crippen molar-refractivity contribution in [3.05, 3.63) is 53.3 Å². The highest BCUT2D eigenvalue weighted by Crippen LogP contribution is 2.50. The highest BCUT2D eigenvalue weighted by Gasteiger charge is 2.42. The fourth-order valence-corrected chi connectivity index (χ4v) is 5.42. The highest BCUT2D eigenvalue weighted by atomic mass is 15.0. The summed E-state index contributed by atoms with van der Waals surface area (Å²) in [4.78, 5) is 9.80. The van der Waals surface area contributed by atoms with Gasteiger partial charge in [0.25, 0.3) is 0 Å². The number of nitrogens with zero attached hydrogens (tertiary/aromatic N) is 3. The molecule has 0 amide bonds. The summed E-state index contributed by atoms with van der Waals surface area (Å²) in [7, 11) is 0. The second-order valence-corrected chi connectivity index (χ2v) is 10.8. The molecule has 0 unspecified atom stereocenters. The molecule has 28 heavy (non-hydrogen) atoms. The topological polar surface area (TPSA) is 30.2 Å². The summed E-state index contributed by atoms with van der Waals surface area (Å²) < 4.78 is 2.29. The van der Waals surface area contributed by atoms with Gasteiger partial charge in [-0.15, -0.1) is 0 Å². The highest BCUT2D eigenvalue weighted by molar-refractivity contribution is 5.98. The first-order valence-electron chi connectivity index (χ1n) is 10.2. The molecule has 0 bridgehead atoms. The molecular weight excluding hydrogens is 342 g/mol. The zero-order valence-corrected chi connectivity index (χ0v) is 18.0. The maximum absolute atomic E-state index is 5.08.